The molecule has 2 heterocycles. The minimum Gasteiger partial charge on any atom is -0.480 e. The molecular formula is C15H18N2O4S. The molecule has 6 nitrogen and oxygen atoms in total. The quantitative estimate of drug-likeness (QED) is 0.921. The second-order valence-electron chi connectivity index (χ2n) is 5.80. The number of hydrogen-bond acceptors (Lipinski definition) is 5. The fourth-order valence-corrected chi connectivity index (χ4v) is 2.93. The first-order valence-corrected chi connectivity index (χ1v) is 7.79. The molecule has 0 aromatic carbocycles. The number of nitrogens with zero attached hydrogens (tertiary/aromatic N) is 2. The molecule has 0 aliphatic carbocycles. The minimum atomic E-state index is -1.03. The third kappa shape index (κ3) is 3.79. The van der Waals surface area contributed by atoms with Crippen molar-refractivity contribution in [2.45, 2.75) is 32.3 Å². The van der Waals surface area contributed by atoms with E-state index in [1.165, 1.54) is 22.9 Å². The summed E-state index contributed by atoms with van der Waals surface area (Å²) < 4.78 is 5.34. The van der Waals surface area contributed by atoms with Crippen LogP contribution in [0.5, 0.6) is 0 Å². The van der Waals surface area contributed by atoms with Crippen LogP contribution in [-0.4, -0.2) is 38.5 Å². The van der Waals surface area contributed by atoms with Crippen molar-refractivity contribution in [1.29, 1.82) is 0 Å². The molecule has 0 saturated heterocycles. The third-order valence-corrected chi connectivity index (χ3v) is 3.71. The van der Waals surface area contributed by atoms with E-state index in [-0.39, 0.29) is 0 Å². The largest absolute Gasteiger partial charge is 0.480 e. The van der Waals surface area contributed by atoms with E-state index >= 15 is 0 Å². The van der Waals surface area contributed by atoms with Gasteiger partial charge in [-0.2, -0.15) is 0 Å². The lowest BCUT2D eigenvalue weighted by atomic mass is 9.97. The lowest BCUT2D eigenvalue weighted by Crippen LogP contribution is -2.37. The van der Waals surface area contributed by atoms with E-state index in [0.717, 1.165) is 0 Å². The Morgan fingerprint density at radius 1 is 1.45 bits per heavy atom. The van der Waals surface area contributed by atoms with Gasteiger partial charge in [-0.3, -0.25) is 14.7 Å². The van der Waals surface area contributed by atoms with Gasteiger partial charge in [0.25, 0.3) is 0 Å². The van der Waals surface area contributed by atoms with Gasteiger partial charge in [0.15, 0.2) is 0 Å². The van der Waals surface area contributed by atoms with Gasteiger partial charge in [-0.15, -0.1) is 11.8 Å². The van der Waals surface area contributed by atoms with Gasteiger partial charge < -0.3 is 9.84 Å². The number of aliphatic carboxylic acids is 1. The average molecular weight is 322 g/mol. The van der Waals surface area contributed by atoms with E-state index < -0.39 is 23.6 Å². The second kappa shape index (κ2) is 6.39. The molecule has 1 aromatic heterocycles. The number of ether oxygens (including phenoxy) is 1. The molecule has 7 heteroatoms. The molecule has 0 radical (unpaired) electrons. The summed E-state index contributed by atoms with van der Waals surface area (Å²) in [5.41, 5.74) is 0.291. The summed E-state index contributed by atoms with van der Waals surface area (Å²) in [5, 5.41) is 11.3. The molecule has 1 amide bonds. The van der Waals surface area contributed by atoms with E-state index in [2.05, 4.69) is 4.98 Å². The predicted octanol–water partition coefficient (Wildman–Crippen LogP) is 3.03. The fraction of sp³-hybridized carbons (Fsp3) is 0.400. The van der Waals surface area contributed by atoms with Crippen molar-refractivity contribution in [3.63, 3.8) is 0 Å². The van der Waals surface area contributed by atoms with Gasteiger partial charge in [0.2, 0.25) is 0 Å². The van der Waals surface area contributed by atoms with E-state index in [9.17, 15) is 14.7 Å². The normalized spacial score (nSPS) is 16.1. The Bertz CT molecular complexity index is 595. The van der Waals surface area contributed by atoms with Crippen LogP contribution in [-0.2, 0) is 9.53 Å². The highest BCUT2D eigenvalue weighted by Crippen LogP contribution is 2.35. The predicted molar refractivity (Wildman–Crippen MR) is 83.2 cm³/mol. The smallest absolute Gasteiger partial charge is 0.415 e. The number of carboxylic acids is 1. The van der Waals surface area contributed by atoms with Gasteiger partial charge in [-0.05, 0) is 37.8 Å². The molecule has 0 bridgehead atoms. The van der Waals surface area contributed by atoms with E-state index in [4.69, 9.17) is 4.74 Å². The first kappa shape index (κ1) is 16.4. The lowest BCUT2D eigenvalue weighted by Gasteiger charge is -2.27. The summed E-state index contributed by atoms with van der Waals surface area (Å²) in [4.78, 5) is 29.3. The molecule has 1 atom stereocenters. The molecule has 0 spiro atoms. The van der Waals surface area contributed by atoms with Gasteiger partial charge in [0.1, 0.15) is 11.5 Å². The van der Waals surface area contributed by atoms with Crippen LogP contribution < -0.4 is 0 Å². The van der Waals surface area contributed by atoms with Gasteiger partial charge >= 0.3 is 12.1 Å². The first-order valence-electron chi connectivity index (χ1n) is 6.74. The number of amides is 1. The molecule has 1 unspecified atom stereocenters. The molecule has 0 saturated carbocycles. The van der Waals surface area contributed by atoms with Gasteiger partial charge in [-0.25, -0.2) is 4.79 Å². The highest BCUT2D eigenvalue weighted by molar-refractivity contribution is 8.02. The van der Waals surface area contributed by atoms with Crippen LogP contribution in [0.2, 0.25) is 0 Å². The molecule has 118 valence electrons. The lowest BCUT2D eigenvalue weighted by molar-refractivity contribution is -0.138. The van der Waals surface area contributed by atoms with Crippen molar-refractivity contribution in [2.24, 2.45) is 0 Å². The Hall–Kier alpha value is -2.02. The summed E-state index contributed by atoms with van der Waals surface area (Å²) in [6.45, 7) is 5.31. The Kier molecular flexibility index (Phi) is 4.75. The zero-order valence-electron chi connectivity index (χ0n) is 12.6. The molecule has 22 heavy (non-hydrogen) atoms. The van der Waals surface area contributed by atoms with Crippen LogP contribution >= 0.6 is 11.8 Å². The maximum Gasteiger partial charge on any atom is 0.415 e. The van der Waals surface area contributed by atoms with Crippen LogP contribution in [0.1, 0.15) is 32.3 Å². The molecule has 1 aliphatic heterocycles. The third-order valence-electron chi connectivity index (χ3n) is 2.89. The minimum absolute atomic E-state index is 0.342. The van der Waals surface area contributed by atoms with Crippen molar-refractivity contribution in [2.75, 3.05) is 5.88 Å². The number of carboxylic acid groups (broad SMARTS) is 1. The van der Waals surface area contributed by atoms with Crippen molar-refractivity contribution in [3.05, 3.63) is 41.2 Å². The SMILES string of the molecule is CC(C)(C)OC(=O)N1CSC=C1C(C(=O)O)c1cccnc1. The summed E-state index contributed by atoms with van der Waals surface area (Å²) in [7, 11) is 0. The van der Waals surface area contributed by atoms with Crippen molar-refractivity contribution >= 4 is 23.8 Å². The molecule has 1 aromatic rings. The summed E-state index contributed by atoms with van der Waals surface area (Å²) >= 11 is 1.36. The van der Waals surface area contributed by atoms with Crippen LogP contribution in [0.3, 0.4) is 0 Å². The molecule has 0 fully saturated rings. The van der Waals surface area contributed by atoms with Crippen molar-refractivity contribution < 1.29 is 19.4 Å². The molecule has 1 N–H and O–H groups in total. The highest BCUT2D eigenvalue weighted by Gasteiger charge is 2.36. The Morgan fingerprint density at radius 3 is 2.73 bits per heavy atom. The number of carbonyl (C=O) groups excluding carboxylic acids is 1. The van der Waals surface area contributed by atoms with Gasteiger partial charge in [-0.1, -0.05) is 6.07 Å². The van der Waals surface area contributed by atoms with Crippen molar-refractivity contribution in [1.82, 2.24) is 9.88 Å². The zero-order valence-corrected chi connectivity index (χ0v) is 13.5. The standard InChI is InChI=1S/C15H18N2O4S/c1-15(2,3)21-14(20)17-9-22-8-11(17)12(13(18)19)10-5-4-6-16-7-10/h4-8,12H,9H2,1-3H3,(H,18,19). The second-order valence-corrected chi connectivity index (χ2v) is 6.63. The number of thioether (sulfide) groups is 1. The maximum absolute atomic E-state index is 12.3. The van der Waals surface area contributed by atoms with Crippen LogP contribution in [0.25, 0.3) is 0 Å². The number of hydrogen-bond donors (Lipinski definition) is 1. The number of rotatable bonds is 3. The monoisotopic (exact) mass is 322 g/mol. The summed E-state index contributed by atoms with van der Waals surface area (Å²) in [6.07, 6.45) is 2.53. The van der Waals surface area contributed by atoms with E-state index in [1.807, 2.05) is 0 Å². The number of aromatic nitrogens is 1. The maximum atomic E-state index is 12.3. The van der Waals surface area contributed by atoms with Crippen molar-refractivity contribution in [3.8, 4) is 0 Å². The molecule has 1 aliphatic rings. The van der Waals surface area contributed by atoms with Gasteiger partial charge in [0.05, 0.1) is 11.6 Å². The topological polar surface area (TPSA) is 79.7 Å². The molecule has 2 rings (SSSR count). The Balaban J connectivity index is 2.28. The Morgan fingerprint density at radius 2 is 2.18 bits per heavy atom. The van der Waals surface area contributed by atoms with Gasteiger partial charge in [0, 0.05) is 12.4 Å². The zero-order chi connectivity index (χ0) is 16.3. The van der Waals surface area contributed by atoms with Crippen LogP contribution in [0, 0.1) is 0 Å². The van der Waals surface area contributed by atoms with E-state index in [1.54, 1.807) is 44.5 Å². The Labute approximate surface area is 133 Å². The van der Waals surface area contributed by atoms with E-state index in [0.29, 0.717) is 17.1 Å². The number of pyridine rings is 1. The van der Waals surface area contributed by atoms with Crippen LogP contribution in [0.4, 0.5) is 4.79 Å². The summed E-state index contributed by atoms with van der Waals surface area (Å²) in [5.74, 6) is -1.64. The fourth-order valence-electron chi connectivity index (χ4n) is 2.02. The molecular weight excluding hydrogens is 304 g/mol. The summed E-state index contributed by atoms with van der Waals surface area (Å²) in [6, 6.07) is 3.36. The number of carbonyl (C=O) groups is 2. The van der Waals surface area contributed by atoms with Crippen LogP contribution in [0.15, 0.2) is 35.6 Å². The average Bonchev–Trinajstić information content (AvgIpc) is 2.87. The first-order chi connectivity index (χ1) is 10.3. The highest BCUT2D eigenvalue weighted by atomic mass is 32.2.